The quantitative estimate of drug-likeness (QED) is 0.785. The van der Waals surface area contributed by atoms with Crippen LogP contribution in [0.15, 0.2) is 18.2 Å². The molecule has 0 spiro atoms. The van der Waals surface area contributed by atoms with Gasteiger partial charge < -0.3 is 15.4 Å². The Morgan fingerprint density at radius 2 is 2.12 bits per heavy atom. The summed E-state index contributed by atoms with van der Waals surface area (Å²) in [6.07, 6.45) is 1.28. The van der Waals surface area contributed by atoms with Crippen LogP contribution < -0.4 is 10.6 Å². The molecule has 0 bridgehead atoms. The summed E-state index contributed by atoms with van der Waals surface area (Å²) >= 11 is 0. The third-order valence-corrected chi connectivity index (χ3v) is 5.92. The number of sulfone groups is 1. The van der Waals surface area contributed by atoms with E-state index in [1.165, 1.54) is 18.4 Å². The first-order chi connectivity index (χ1) is 12.0. The molecule has 0 radical (unpaired) electrons. The number of anilines is 1. The van der Waals surface area contributed by atoms with Gasteiger partial charge in [0.05, 0.1) is 5.25 Å². The Bertz CT molecular complexity index is 759. The van der Waals surface area contributed by atoms with E-state index in [0.29, 0.717) is 13.0 Å². The van der Waals surface area contributed by atoms with Gasteiger partial charge in [0, 0.05) is 31.0 Å². The third kappa shape index (κ3) is 5.86. The first kappa shape index (κ1) is 20.5. The number of rotatable bonds is 6. The summed E-state index contributed by atoms with van der Waals surface area (Å²) in [5, 5.41) is 5.15. The van der Waals surface area contributed by atoms with Gasteiger partial charge in [-0.1, -0.05) is 0 Å². The van der Waals surface area contributed by atoms with Crippen molar-refractivity contribution in [1.29, 1.82) is 0 Å². The Balaban J connectivity index is 1.98. The number of hydrogen-bond acceptors (Lipinski definition) is 5. The third-order valence-electron chi connectivity index (χ3n) is 4.28. The molecule has 0 aromatic heterocycles. The van der Waals surface area contributed by atoms with E-state index in [-0.39, 0.29) is 24.7 Å². The van der Waals surface area contributed by atoms with Crippen molar-refractivity contribution in [3.63, 3.8) is 0 Å². The highest BCUT2D eigenvalue weighted by molar-refractivity contribution is 7.91. The smallest absolute Gasteiger partial charge is 0.407 e. The summed E-state index contributed by atoms with van der Waals surface area (Å²) in [6, 6.07) is 4.51. The van der Waals surface area contributed by atoms with Crippen molar-refractivity contribution in [2.24, 2.45) is 0 Å². The molecule has 0 aliphatic carbocycles. The molecule has 0 fully saturated rings. The van der Waals surface area contributed by atoms with Crippen molar-refractivity contribution in [3.8, 4) is 0 Å². The van der Waals surface area contributed by atoms with E-state index < -0.39 is 26.8 Å². The predicted octanol–water partition coefficient (Wildman–Crippen LogP) is 3.05. The Labute approximate surface area is 154 Å². The second-order valence-electron chi connectivity index (χ2n) is 7.71. The lowest BCUT2D eigenvalue weighted by atomic mass is 9.95. The van der Waals surface area contributed by atoms with E-state index in [1.807, 2.05) is 0 Å². The maximum Gasteiger partial charge on any atom is 0.407 e. The molecule has 1 aromatic rings. The number of nitrogens with one attached hydrogen (secondary N) is 2. The van der Waals surface area contributed by atoms with Crippen LogP contribution in [-0.2, 0) is 14.6 Å². The van der Waals surface area contributed by atoms with Crippen molar-refractivity contribution >= 4 is 21.6 Å². The highest BCUT2D eigenvalue weighted by atomic mass is 32.2. The van der Waals surface area contributed by atoms with E-state index in [2.05, 4.69) is 10.6 Å². The number of ether oxygens (including phenoxy) is 1. The molecular formula is C18H27FN2O4S. The summed E-state index contributed by atoms with van der Waals surface area (Å²) in [7, 11) is -3.31. The zero-order chi connectivity index (χ0) is 19.5. The number of alkyl carbamates (subject to hydrolysis) is 1. The number of fused-ring (bicyclic) bond motifs is 1. The lowest BCUT2D eigenvalue weighted by Gasteiger charge is -2.22. The monoisotopic (exact) mass is 386 g/mol. The lowest BCUT2D eigenvalue weighted by molar-refractivity contribution is 0.0527. The molecule has 2 rings (SSSR count). The van der Waals surface area contributed by atoms with Gasteiger partial charge in [0.15, 0.2) is 0 Å². The zero-order valence-corrected chi connectivity index (χ0v) is 16.5. The topological polar surface area (TPSA) is 84.5 Å². The lowest BCUT2D eigenvalue weighted by Crippen LogP contribution is -2.35. The van der Waals surface area contributed by atoms with Crippen LogP contribution >= 0.6 is 0 Å². The molecule has 1 aliphatic heterocycles. The molecule has 0 saturated carbocycles. The zero-order valence-electron chi connectivity index (χ0n) is 15.6. The summed E-state index contributed by atoms with van der Waals surface area (Å²) in [5.41, 5.74) is 1.04. The minimum absolute atomic E-state index is 0.0815. The largest absolute Gasteiger partial charge is 0.444 e. The van der Waals surface area contributed by atoms with Crippen LogP contribution in [0.3, 0.4) is 0 Å². The van der Waals surface area contributed by atoms with Crippen LogP contribution in [0.5, 0.6) is 0 Å². The van der Waals surface area contributed by atoms with Gasteiger partial charge in [0.25, 0.3) is 0 Å². The Morgan fingerprint density at radius 1 is 1.42 bits per heavy atom. The summed E-state index contributed by atoms with van der Waals surface area (Å²) < 4.78 is 43.0. The predicted molar refractivity (Wildman–Crippen MR) is 99.7 cm³/mol. The van der Waals surface area contributed by atoms with Crippen molar-refractivity contribution in [3.05, 3.63) is 29.6 Å². The van der Waals surface area contributed by atoms with E-state index in [9.17, 15) is 17.6 Å². The number of benzene rings is 1. The minimum atomic E-state index is -3.31. The van der Waals surface area contributed by atoms with Crippen LogP contribution in [0.1, 0.15) is 45.1 Å². The SMILES string of the molecule is CC(C)(C)OC(=O)NCC[C@@H](CC1CNc2ccc(F)cc21)S(C)(=O)=O. The second-order valence-corrected chi connectivity index (χ2v) is 10.0. The Morgan fingerprint density at radius 3 is 2.73 bits per heavy atom. The van der Waals surface area contributed by atoms with Crippen molar-refractivity contribution in [2.75, 3.05) is 24.7 Å². The number of carbonyl (C=O) groups excluding carboxylic acids is 1. The Kier molecular flexibility index (Phi) is 6.16. The fourth-order valence-electron chi connectivity index (χ4n) is 3.06. The van der Waals surface area contributed by atoms with Gasteiger partial charge in [-0.2, -0.15) is 0 Å². The molecule has 6 nitrogen and oxygen atoms in total. The Hall–Kier alpha value is -1.83. The fourth-order valence-corrected chi connectivity index (χ4v) is 4.19. The minimum Gasteiger partial charge on any atom is -0.444 e. The summed E-state index contributed by atoms with van der Waals surface area (Å²) in [4.78, 5) is 11.7. The highest BCUT2D eigenvalue weighted by Gasteiger charge is 2.30. The fraction of sp³-hybridized carbons (Fsp3) is 0.611. The second kappa shape index (κ2) is 7.82. The van der Waals surface area contributed by atoms with E-state index in [0.717, 1.165) is 11.3 Å². The molecule has 1 amide bonds. The molecular weight excluding hydrogens is 359 g/mol. The van der Waals surface area contributed by atoms with Crippen LogP contribution in [0.25, 0.3) is 0 Å². The molecule has 0 saturated heterocycles. The van der Waals surface area contributed by atoms with Crippen LogP contribution in [0.4, 0.5) is 14.9 Å². The van der Waals surface area contributed by atoms with Gasteiger partial charge in [-0.05, 0) is 57.4 Å². The van der Waals surface area contributed by atoms with Gasteiger partial charge in [0.2, 0.25) is 0 Å². The number of amides is 1. The summed E-state index contributed by atoms with van der Waals surface area (Å²) in [6.45, 7) is 6.05. The van der Waals surface area contributed by atoms with E-state index in [1.54, 1.807) is 26.8 Å². The summed E-state index contributed by atoms with van der Waals surface area (Å²) in [5.74, 6) is -0.415. The maximum absolute atomic E-state index is 13.5. The normalized spacial score (nSPS) is 18.0. The molecule has 1 unspecified atom stereocenters. The molecule has 1 aliphatic rings. The van der Waals surface area contributed by atoms with Gasteiger partial charge in [-0.15, -0.1) is 0 Å². The van der Waals surface area contributed by atoms with Crippen molar-refractivity contribution < 1.29 is 22.3 Å². The van der Waals surface area contributed by atoms with Gasteiger partial charge in [-0.3, -0.25) is 0 Å². The molecule has 2 N–H and O–H groups in total. The van der Waals surface area contributed by atoms with Crippen LogP contribution in [-0.4, -0.2) is 44.7 Å². The molecule has 1 heterocycles. The van der Waals surface area contributed by atoms with Crippen LogP contribution in [0, 0.1) is 5.82 Å². The first-order valence-electron chi connectivity index (χ1n) is 8.65. The van der Waals surface area contributed by atoms with Gasteiger partial charge in [0.1, 0.15) is 21.3 Å². The van der Waals surface area contributed by atoms with Gasteiger partial charge >= 0.3 is 6.09 Å². The molecule has 146 valence electrons. The number of hydrogen-bond donors (Lipinski definition) is 2. The van der Waals surface area contributed by atoms with Crippen molar-refractivity contribution in [2.45, 2.75) is 50.4 Å². The molecule has 2 atom stereocenters. The highest BCUT2D eigenvalue weighted by Crippen LogP contribution is 2.36. The van der Waals surface area contributed by atoms with Crippen LogP contribution in [0.2, 0.25) is 0 Å². The number of carbonyl (C=O) groups is 1. The van der Waals surface area contributed by atoms with Crippen molar-refractivity contribution in [1.82, 2.24) is 5.32 Å². The average molecular weight is 386 g/mol. The average Bonchev–Trinajstić information content (AvgIpc) is 2.85. The first-order valence-corrected chi connectivity index (χ1v) is 10.6. The van der Waals surface area contributed by atoms with E-state index in [4.69, 9.17) is 4.74 Å². The van der Waals surface area contributed by atoms with E-state index >= 15 is 0 Å². The molecule has 26 heavy (non-hydrogen) atoms. The number of halogens is 1. The van der Waals surface area contributed by atoms with Gasteiger partial charge in [-0.25, -0.2) is 17.6 Å². The maximum atomic E-state index is 13.5. The molecule has 1 aromatic carbocycles. The molecule has 8 heteroatoms. The standard InChI is InChI=1S/C18H27FN2O4S/c1-18(2,3)25-17(22)20-8-7-14(26(4,23)24)9-12-11-21-16-6-5-13(19)10-15(12)16/h5-6,10,12,14,21H,7-9,11H2,1-4H3,(H,20,22)/t12?,14-/m0/s1.